The molecule has 0 bridgehead atoms. The van der Waals surface area contributed by atoms with Gasteiger partial charge in [-0.3, -0.25) is 0 Å². The summed E-state index contributed by atoms with van der Waals surface area (Å²) in [6, 6.07) is 70.2. The molecule has 0 saturated carbocycles. The van der Waals surface area contributed by atoms with Crippen LogP contribution in [-0.2, 0) is 0 Å². The summed E-state index contributed by atoms with van der Waals surface area (Å²) in [6.45, 7) is 0. The van der Waals surface area contributed by atoms with Gasteiger partial charge in [0.25, 0.3) is 0 Å². The second-order valence-corrected chi connectivity index (χ2v) is 15.6. The van der Waals surface area contributed by atoms with Gasteiger partial charge in [-0.1, -0.05) is 140 Å². The Labute approximate surface area is 349 Å². The molecule has 4 aromatic heterocycles. The lowest BCUT2D eigenvalue weighted by Gasteiger charge is -2.15. The molecule has 0 radical (unpaired) electrons. The maximum absolute atomic E-state index is 6.62. The summed E-state index contributed by atoms with van der Waals surface area (Å²) < 4.78 is 11.3. The van der Waals surface area contributed by atoms with Gasteiger partial charge in [0.05, 0.1) is 27.8 Å². The van der Waals surface area contributed by atoms with E-state index in [0.29, 0.717) is 17.5 Å². The molecule has 61 heavy (non-hydrogen) atoms. The van der Waals surface area contributed by atoms with Crippen LogP contribution >= 0.6 is 0 Å². The Morgan fingerprint density at radius 1 is 0.344 bits per heavy atom. The number of furan rings is 1. The molecule has 0 aliphatic carbocycles. The average molecular weight is 780 g/mol. The lowest BCUT2D eigenvalue weighted by Crippen LogP contribution is -2.04. The van der Waals surface area contributed by atoms with Gasteiger partial charge in [0.1, 0.15) is 11.2 Å². The van der Waals surface area contributed by atoms with Crippen LogP contribution in [0, 0.1) is 0 Å². The van der Waals surface area contributed by atoms with E-state index < -0.39 is 0 Å². The van der Waals surface area contributed by atoms with Gasteiger partial charge >= 0.3 is 0 Å². The third-order valence-corrected chi connectivity index (χ3v) is 12.1. The highest BCUT2D eigenvalue weighted by Crippen LogP contribution is 2.43. The zero-order valence-corrected chi connectivity index (χ0v) is 32.7. The molecule has 0 aliphatic rings. The summed E-state index contributed by atoms with van der Waals surface area (Å²) >= 11 is 0. The molecule has 0 saturated heterocycles. The van der Waals surface area contributed by atoms with Crippen molar-refractivity contribution in [2.75, 3.05) is 0 Å². The highest BCUT2D eigenvalue weighted by Gasteiger charge is 2.24. The van der Waals surface area contributed by atoms with Crippen molar-refractivity contribution in [1.29, 1.82) is 0 Å². The predicted octanol–water partition coefficient (Wildman–Crippen LogP) is 14.1. The number of para-hydroxylation sites is 4. The van der Waals surface area contributed by atoms with Crippen LogP contribution in [0.1, 0.15) is 0 Å². The summed E-state index contributed by atoms with van der Waals surface area (Å²) in [7, 11) is 0. The van der Waals surface area contributed by atoms with Gasteiger partial charge in [-0.05, 0) is 71.4 Å². The largest absolute Gasteiger partial charge is 0.456 e. The first-order chi connectivity index (χ1) is 30.2. The number of fused-ring (bicyclic) bond motifs is 10. The molecule has 6 nitrogen and oxygen atoms in total. The van der Waals surface area contributed by atoms with E-state index in [4.69, 9.17) is 19.4 Å². The average Bonchev–Trinajstić information content (AvgIpc) is 3.98. The van der Waals surface area contributed by atoms with Gasteiger partial charge in [-0.2, -0.15) is 0 Å². The fraction of sp³-hybridized carbons (Fsp3) is 0. The van der Waals surface area contributed by atoms with Gasteiger partial charge < -0.3 is 13.6 Å². The summed E-state index contributed by atoms with van der Waals surface area (Å²) in [6.07, 6.45) is 0. The summed E-state index contributed by atoms with van der Waals surface area (Å²) in [4.78, 5) is 16.1. The highest BCUT2D eigenvalue weighted by molar-refractivity contribution is 6.17. The summed E-state index contributed by atoms with van der Waals surface area (Å²) in [5, 5.41) is 9.02. The van der Waals surface area contributed by atoms with E-state index in [-0.39, 0.29) is 0 Å². The highest BCUT2D eigenvalue weighted by atomic mass is 16.3. The standard InChI is InChI=1S/C55H33N5O/c1-3-16-34(17-4-1)53-56-54(41-25-15-28-47-52(41)40-24-10-13-27-46(40)59(47)37-20-5-2-6-21-37)58-55(57-53)44-33-51-43(39-23-11-14-29-50(39)61-51)32-49(44)60-45-26-12-9-22-38(45)42-30-35-18-7-8-19-36(35)31-48(42)60/h1-33H. The first kappa shape index (κ1) is 33.6. The normalized spacial score (nSPS) is 11.9. The monoisotopic (exact) mass is 779 g/mol. The Morgan fingerprint density at radius 3 is 1.75 bits per heavy atom. The number of benzene rings is 9. The van der Waals surface area contributed by atoms with Crippen molar-refractivity contribution in [3.63, 3.8) is 0 Å². The Kier molecular flexibility index (Phi) is 7.21. The number of rotatable bonds is 5. The molecule has 0 amide bonds. The molecular weight excluding hydrogens is 747 g/mol. The molecule has 0 atom stereocenters. The Bertz CT molecular complexity index is 3880. The van der Waals surface area contributed by atoms with Gasteiger partial charge in [0.15, 0.2) is 17.5 Å². The summed E-state index contributed by atoms with van der Waals surface area (Å²) in [5.74, 6) is 1.74. The van der Waals surface area contributed by atoms with Crippen LogP contribution in [0.5, 0.6) is 0 Å². The van der Waals surface area contributed by atoms with E-state index in [1.807, 2.05) is 30.3 Å². The number of hydrogen-bond acceptors (Lipinski definition) is 4. The molecule has 0 N–H and O–H groups in total. The molecule has 0 aliphatic heterocycles. The molecule has 13 rings (SSSR count). The molecule has 4 heterocycles. The van der Waals surface area contributed by atoms with Gasteiger partial charge in [-0.15, -0.1) is 0 Å². The zero-order valence-electron chi connectivity index (χ0n) is 32.7. The molecule has 0 spiro atoms. The quantitative estimate of drug-likeness (QED) is 0.175. The first-order valence-electron chi connectivity index (χ1n) is 20.5. The third kappa shape index (κ3) is 5.12. The van der Waals surface area contributed by atoms with Crippen LogP contribution in [0.2, 0.25) is 0 Å². The topological polar surface area (TPSA) is 61.7 Å². The van der Waals surface area contributed by atoms with Crippen LogP contribution < -0.4 is 0 Å². The Hall–Kier alpha value is -8.35. The lowest BCUT2D eigenvalue weighted by atomic mass is 10.0. The van der Waals surface area contributed by atoms with E-state index in [1.54, 1.807) is 0 Å². The van der Waals surface area contributed by atoms with Crippen molar-refractivity contribution < 1.29 is 4.42 Å². The number of nitrogens with zero attached hydrogens (tertiary/aromatic N) is 5. The van der Waals surface area contributed by atoms with E-state index in [9.17, 15) is 0 Å². The minimum Gasteiger partial charge on any atom is -0.456 e. The zero-order chi connectivity index (χ0) is 40.0. The predicted molar refractivity (Wildman–Crippen MR) is 250 cm³/mol. The van der Waals surface area contributed by atoms with Crippen LogP contribution in [0.25, 0.3) is 122 Å². The molecule has 284 valence electrons. The fourth-order valence-corrected chi connectivity index (χ4v) is 9.43. The molecular formula is C55H33N5O. The molecule has 0 unspecified atom stereocenters. The van der Waals surface area contributed by atoms with E-state index in [1.165, 1.54) is 21.5 Å². The second-order valence-electron chi connectivity index (χ2n) is 15.6. The van der Waals surface area contributed by atoms with Crippen molar-refractivity contribution in [2.24, 2.45) is 0 Å². The van der Waals surface area contributed by atoms with Crippen molar-refractivity contribution in [3.8, 4) is 45.5 Å². The van der Waals surface area contributed by atoms with Crippen LogP contribution in [0.4, 0.5) is 0 Å². The molecule has 0 fully saturated rings. The Morgan fingerprint density at radius 2 is 0.951 bits per heavy atom. The molecule has 6 heteroatoms. The third-order valence-electron chi connectivity index (χ3n) is 12.1. The second kappa shape index (κ2) is 13.1. The van der Waals surface area contributed by atoms with Crippen molar-refractivity contribution in [3.05, 3.63) is 200 Å². The lowest BCUT2D eigenvalue weighted by molar-refractivity contribution is 0.669. The van der Waals surface area contributed by atoms with Gasteiger partial charge in [-0.25, -0.2) is 15.0 Å². The van der Waals surface area contributed by atoms with Crippen LogP contribution in [-0.4, -0.2) is 24.1 Å². The summed E-state index contributed by atoms with van der Waals surface area (Å²) in [5.41, 5.74) is 10.7. The van der Waals surface area contributed by atoms with Crippen LogP contribution in [0.3, 0.4) is 0 Å². The number of hydrogen-bond donors (Lipinski definition) is 0. The Balaban J connectivity index is 1.15. The maximum Gasteiger partial charge on any atom is 0.166 e. The minimum atomic E-state index is 0.553. The SMILES string of the molecule is c1ccc(-c2nc(-c3cc4oc5ccccc5c4cc3-n3c4ccccc4c4cc5ccccc5cc43)nc(-c3cccc4c3c3ccccc3n4-c3ccccc3)n2)cc1. The maximum atomic E-state index is 6.62. The minimum absolute atomic E-state index is 0.553. The van der Waals surface area contributed by atoms with E-state index >= 15 is 0 Å². The number of aromatic nitrogens is 5. The molecule has 13 aromatic rings. The van der Waals surface area contributed by atoms with Crippen LogP contribution in [0.15, 0.2) is 205 Å². The fourth-order valence-electron chi connectivity index (χ4n) is 9.43. The van der Waals surface area contributed by atoms with Crippen molar-refractivity contribution in [2.45, 2.75) is 0 Å². The smallest absolute Gasteiger partial charge is 0.166 e. The first-order valence-corrected chi connectivity index (χ1v) is 20.5. The van der Waals surface area contributed by atoms with Crippen molar-refractivity contribution >= 4 is 76.3 Å². The molecule has 9 aromatic carbocycles. The van der Waals surface area contributed by atoms with E-state index in [0.717, 1.165) is 82.8 Å². The van der Waals surface area contributed by atoms with E-state index in [2.05, 4.69) is 179 Å². The van der Waals surface area contributed by atoms with Gasteiger partial charge in [0, 0.05) is 54.7 Å². The van der Waals surface area contributed by atoms with Crippen molar-refractivity contribution in [1.82, 2.24) is 24.1 Å². The van der Waals surface area contributed by atoms with Gasteiger partial charge in [0.2, 0.25) is 0 Å².